The van der Waals surface area contributed by atoms with Crippen LogP contribution < -0.4 is 5.32 Å². The molecule has 1 saturated heterocycles. The molecule has 0 bridgehead atoms. The van der Waals surface area contributed by atoms with Crippen LogP contribution >= 0.6 is 0 Å². The molecule has 1 aliphatic heterocycles. The summed E-state index contributed by atoms with van der Waals surface area (Å²) < 4.78 is 28.0. The first-order valence-corrected chi connectivity index (χ1v) is 8.26. The molecule has 1 fully saturated rings. The lowest BCUT2D eigenvalue weighted by Crippen LogP contribution is -2.33. The van der Waals surface area contributed by atoms with E-state index in [1.54, 1.807) is 12.3 Å². The summed E-state index contributed by atoms with van der Waals surface area (Å²) in [5.41, 5.74) is 1.08. The summed E-state index contributed by atoms with van der Waals surface area (Å²) >= 11 is 0. The molecular weight excluding hydrogens is 264 g/mol. The van der Waals surface area contributed by atoms with E-state index < -0.39 is 9.84 Å². The number of pyridine rings is 1. The lowest BCUT2D eigenvalue weighted by molar-refractivity contribution is 0.0300. The van der Waals surface area contributed by atoms with Gasteiger partial charge in [-0.1, -0.05) is 6.92 Å². The molecule has 0 aliphatic carbocycles. The maximum Gasteiger partial charge on any atom is 0.192 e. The summed E-state index contributed by atoms with van der Waals surface area (Å²) in [6.45, 7) is 4.70. The fourth-order valence-electron chi connectivity index (χ4n) is 2.06. The third-order valence-electron chi connectivity index (χ3n) is 3.54. The zero-order valence-corrected chi connectivity index (χ0v) is 12.2. The quantitative estimate of drug-likeness (QED) is 0.911. The highest BCUT2D eigenvalue weighted by Gasteiger charge is 2.26. The van der Waals surface area contributed by atoms with Crippen LogP contribution in [0.1, 0.15) is 19.8 Å². The van der Waals surface area contributed by atoms with E-state index in [1.807, 2.05) is 0 Å². The molecule has 0 radical (unpaired) electrons. The Morgan fingerprint density at radius 3 is 2.58 bits per heavy atom. The zero-order valence-electron chi connectivity index (χ0n) is 11.3. The van der Waals surface area contributed by atoms with E-state index in [-0.39, 0.29) is 10.4 Å². The molecule has 2 heterocycles. The average Bonchev–Trinajstić information content (AvgIpc) is 2.37. The van der Waals surface area contributed by atoms with Crippen molar-refractivity contribution in [2.75, 3.05) is 31.3 Å². The first kappa shape index (κ1) is 14.3. The molecule has 5 nitrogen and oxygen atoms in total. The molecule has 0 saturated carbocycles. The van der Waals surface area contributed by atoms with Gasteiger partial charge in [0.1, 0.15) is 0 Å². The Labute approximate surface area is 114 Å². The second-order valence-corrected chi connectivity index (χ2v) is 7.40. The maximum absolute atomic E-state index is 11.3. The first-order valence-electron chi connectivity index (χ1n) is 6.37. The minimum absolute atomic E-state index is 0.107. The molecule has 0 unspecified atom stereocenters. The molecule has 0 spiro atoms. The van der Waals surface area contributed by atoms with Crippen molar-refractivity contribution in [2.45, 2.75) is 24.8 Å². The molecule has 0 atom stereocenters. The van der Waals surface area contributed by atoms with Gasteiger partial charge in [0, 0.05) is 26.0 Å². The monoisotopic (exact) mass is 284 g/mol. The predicted molar refractivity (Wildman–Crippen MR) is 74.0 cm³/mol. The summed E-state index contributed by atoms with van der Waals surface area (Å²) in [4.78, 5) is 3.96. The lowest BCUT2D eigenvalue weighted by atomic mass is 9.82. The fourth-order valence-corrected chi connectivity index (χ4v) is 2.62. The van der Waals surface area contributed by atoms with Crippen molar-refractivity contribution in [3.05, 3.63) is 18.3 Å². The van der Waals surface area contributed by atoms with Crippen molar-refractivity contribution in [1.82, 2.24) is 4.98 Å². The van der Waals surface area contributed by atoms with Crippen LogP contribution in [0.2, 0.25) is 0 Å². The summed E-state index contributed by atoms with van der Waals surface area (Å²) in [7, 11) is -3.22. The van der Waals surface area contributed by atoms with Crippen molar-refractivity contribution < 1.29 is 13.2 Å². The first-order chi connectivity index (χ1) is 8.89. The van der Waals surface area contributed by atoms with Crippen molar-refractivity contribution >= 4 is 15.5 Å². The van der Waals surface area contributed by atoms with Crippen molar-refractivity contribution in [3.63, 3.8) is 0 Å². The van der Waals surface area contributed by atoms with Crippen LogP contribution in [0.3, 0.4) is 0 Å². The third-order valence-corrected chi connectivity index (χ3v) is 4.54. The Kier molecular flexibility index (Phi) is 4.10. The second-order valence-electron chi connectivity index (χ2n) is 5.43. The second kappa shape index (κ2) is 5.46. The molecule has 2 rings (SSSR count). The predicted octanol–water partition coefficient (Wildman–Crippen LogP) is 1.71. The number of ether oxygens (including phenoxy) is 1. The molecular formula is C13H20N2O3S. The SMILES string of the molecule is CC1(CNc2ccc(S(C)(=O)=O)nc2)CCOCC1. The summed E-state index contributed by atoms with van der Waals surface area (Å²) in [5.74, 6) is 0. The number of rotatable bonds is 4. The van der Waals surface area contributed by atoms with Gasteiger partial charge in [0.05, 0.1) is 11.9 Å². The van der Waals surface area contributed by atoms with E-state index in [1.165, 1.54) is 6.07 Å². The Morgan fingerprint density at radius 2 is 2.05 bits per heavy atom. The van der Waals surface area contributed by atoms with Crippen LogP contribution in [0.4, 0.5) is 5.69 Å². The molecule has 106 valence electrons. The highest BCUT2D eigenvalue weighted by molar-refractivity contribution is 7.90. The van der Waals surface area contributed by atoms with Crippen LogP contribution in [-0.4, -0.2) is 39.4 Å². The van der Waals surface area contributed by atoms with E-state index in [2.05, 4.69) is 17.2 Å². The molecule has 0 amide bonds. The van der Waals surface area contributed by atoms with E-state index in [0.29, 0.717) is 0 Å². The summed E-state index contributed by atoms with van der Waals surface area (Å²) in [5, 5.41) is 3.43. The van der Waals surface area contributed by atoms with Crippen LogP contribution in [0.5, 0.6) is 0 Å². The average molecular weight is 284 g/mol. The number of anilines is 1. The normalized spacial score (nSPS) is 19.1. The van der Waals surface area contributed by atoms with E-state index >= 15 is 0 Å². The Bertz CT molecular complexity index is 519. The van der Waals surface area contributed by atoms with E-state index in [4.69, 9.17) is 4.74 Å². The summed E-state index contributed by atoms with van der Waals surface area (Å²) in [6, 6.07) is 3.29. The van der Waals surface area contributed by atoms with Crippen LogP contribution in [0.25, 0.3) is 0 Å². The Balaban J connectivity index is 1.96. The topological polar surface area (TPSA) is 68.3 Å². The van der Waals surface area contributed by atoms with Crippen molar-refractivity contribution in [3.8, 4) is 0 Å². The van der Waals surface area contributed by atoms with Gasteiger partial charge in [-0.2, -0.15) is 0 Å². The molecule has 6 heteroatoms. The lowest BCUT2D eigenvalue weighted by Gasteiger charge is -2.33. The molecule has 1 aromatic heterocycles. The van der Waals surface area contributed by atoms with E-state index in [9.17, 15) is 8.42 Å². The van der Waals surface area contributed by atoms with Gasteiger partial charge in [-0.25, -0.2) is 13.4 Å². The van der Waals surface area contributed by atoms with E-state index in [0.717, 1.165) is 44.5 Å². The minimum Gasteiger partial charge on any atom is -0.383 e. The molecule has 1 N–H and O–H groups in total. The van der Waals surface area contributed by atoms with Gasteiger partial charge in [0.2, 0.25) is 0 Å². The zero-order chi connectivity index (χ0) is 13.9. The van der Waals surface area contributed by atoms with Crippen molar-refractivity contribution in [1.29, 1.82) is 0 Å². The number of nitrogens with one attached hydrogen (secondary N) is 1. The smallest absolute Gasteiger partial charge is 0.192 e. The highest BCUT2D eigenvalue weighted by Crippen LogP contribution is 2.29. The number of sulfone groups is 1. The highest BCUT2D eigenvalue weighted by atomic mass is 32.2. The fraction of sp³-hybridized carbons (Fsp3) is 0.615. The minimum atomic E-state index is -3.22. The van der Waals surface area contributed by atoms with Crippen molar-refractivity contribution in [2.24, 2.45) is 5.41 Å². The third kappa shape index (κ3) is 3.91. The largest absolute Gasteiger partial charge is 0.383 e. The maximum atomic E-state index is 11.3. The number of nitrogens with zero attached hydrogens (tertiary/aromatic N) is 1. The standard InChI is InChI=1S/C13H20N2O3S/c1-13(5-7-18-8-6-13)10-15-11-3-4-12(14-9-11)19(2,16)17/h3-4,9,15H,5-8,10H2,1-2H3. The van der Waals surface area contributed by atoms with Crippen LogP contribution in [0, 0.1) is 5.41 Å². The van der Waals surface area contributed by atoms with Gasteiger partial charge in [0.25, 0.3) is 0 Å². The summed E-state index contributed by atoms with van der Waals surface area (Å²) in [6.07, 6.45) is 4.80. The van der Waals surface area contributed by atoms with Gasteiger partial charge < -0.3 is 10.1 Å². The van der Waals surface area contributed by atoms with Gasteiger partial charge in [0.15, 0.2) is 14.9 Å². The van der Waals surface area contributed by atoms with Gasteiger partial charge in [-0.3, -0.25) is 0 Å². The molecule has 1 aromatic rings. The number of hydrogen-bond donors (Lipinski definition) is 1. The Morgan fingerprint density at radius 1 is 1.37 bits per heavy atom. The number of aromatic nitrogens is 1. The molecule has 19 heavy (non-hydrogen) atoms. The molecule has 1 aliphatic rings. The van der Waals surface area contributed by atoms with Gasteiger partial charge >= 0.3 is 0 Å². The van der Waals surface area contributed by atoms with Gasteiger partial charge in [-0.05, 0) is 30.4 Å². The number of hydrogen-bond acceptors (Lipinski definition) is 5. The Hall–Kier alpha value is -1.14. The molecule has 0 aromatic carbocycles. The van der Waals surface area contributed by atoms with Crippen LogP contribution in [-0.2, 0) is 14.6 Å². The van der Waals surface area contributed by atoms with Crippen LogP contribution in [0.15, 0.2) is 23.4 Å². The van der Waals surface area contributed by atoms with Gasteiger partial charge in [-0.15, -0.1) is 0 Å².